The Labute approximate surface area is 283 Å². The van der Waals surface area contributed by atoms with Gasteiger partial charge in [-0.3, -0.25) is 0 Å². The lowest BCUT2D eigenvalue weighted by atomic mass is 10.0. The summed E-state index contributed by atoms with van der Waals surface area (Å²) < 4.78 is 11.8. The number of hydrogen-bond acceptors (Lipinski definition) is 4. The zero-order chi connectivity index (χ0) is 31.3. The molecule has 48 heavy (non-hydrogen) atoms. The van der Waals surface area contributed by atoms with Crippen molar-refractivity contribution in [2.24, 2.45) is 0 Å². The van der Waals surface area contributed by atoms with Gasteiger partial charge in [0.2, 0.25) is 0 Å². The second-order valence-electron chi connectivity index (χ2n) is 12.5. The standard InChI is InChI=1S/C44H25NOS2/c1-2-10-28(11-3-1)45(30-16-19-33-40(25-30)48-38-21-15-26-8-4-6-12-31(26)41(33)38)29-17-22-37-35(24-29)43-39(47-37)23-20-36-42(43)34-18-14-27-9-5-7-13-32(27)44(34)46-36/h1-25H. The molecule has 0 saturated heterocycles. The maximum Gasteiger partial charge on any atom is 0.143 e. The molecule has 0 bridgehead atoms. The van der Waals surface area contributed by atoms with Crippen molar-refractivity contribution >= 4 is 124 Å². The van der Waals surface area contributed by atoms with Crippen LogP contribution in [-0.4, -0.2) is 0 Å². The molecular weight excluding hydrogens is 623 g/mol. The van der Waals surface area contributed by atoms with Crippen LogP contribution in [-0.2, 0) is 0 Å². The number of anilines is 3. The minimum atomic E-state index is 0.932. The fourth-order valence-electron chi connectivity index (χ4n) is 7.69. The number of furan rings is 1. The van der Waals surface area contributed by atoms with Crippen LogP contribution in [0.1, 0.15) is 0 Å². The van der Waals surface area contributed by atoms with Gasteiger partial charge in [0, 0.05) is 73.6 Å². The van der Waals surface area contributed by atoms with Crippen LogP contribution in [0, 0.1) is 0 Å². The van der Waals surface area contributed by atoms with E-state index < -0.39 is 0 Å². The fraction of sp³-hybridized carbons (Fsp3) is 0. The Morgan fingerprint density at radius 1 is 0.375 bits per heavy atom. The number of para-hydroxylation sites is 1. The highest BCUT2D eigenvalue weighted by Gasteiger charge is 2.20. The van der Waals surface area contributed by atoms with E-state index in [4.69, 9.17) is 4.42 Å². The molecule has 0 atom stereocenters. The lowest BCUT2D eigenvalue weighted by molar-refractivity contribution is 0.673. The van der Waals surface area contributed by atoms with Crippen molar-refractivity contribution < 1.29 is 4.42 Å². The molecule has 3 aromatic heterocycles. The van der Waals surface area contributed by atoms with E-state index in [1.165, 1.54) is 67.3 Å². The molecule has 0 radical (unpaired) electrons. The summed E-state index contributed by atoms with van der Waals surface area (Å²) in [6, 6.07) is 55.2. The zero-order valence-electron chi connectivity index (χ0n) is 25.6. The molecule has 0 aliphatic heterocycles. The van der Waals surface area contributed by atoms with Gasteiger partial charge in [-0.25, -0.2) is 0 Å². The molecule has 0 aliphatic rings. The van der Waals surface area contributed by atoms with Gasteiger partial charge in [0.15, 0.2) is 0 Å². The minimum absolute atomic E-state index is 0.932. The molecule has 11 aromatic rings. The van der Waals surface area contributed by atoms with Crippen molar-refractivity contribution in [2.45, 2.75) is 0 Å². The monoisotopic (exact) mass is 647 g/mol. The molecule has 2 nitrogen and oxygen atoms in total. The first-order valence-electron chi connectivity index (χ1n) is 16.2. The molecule has 0 spiro atoms. The number of hydrogen-bond donors (Lipinski definition) is 0. The molecule has 11 rings (SSSR count). The van der Waals surface area contributed by atoms with Crippen LogP contribution >= 0.6 is 22.7 Å². The number of rotatable bonds is 3. The molecule has 0 fully saturated rings. The fourth-order valence-corrected chi connectivity index (χ4v) is 9.94. The number of thiophene rings is 2. The predicted octanol–water partition coefficient (Wildman–Crippen LogP) is 14.1. The Bertz CT molecular complexity index is 3070. The average molecular weight is 648 g/mol. The van der Waals surface area contributed by atoms with Gasteiger partial charge in [-0.2, -0.15) is 0 Å². The van der Waals surface area contributed by atoms with Gasteiger partial charge in [0.25, 0.3) is 0 Å². The smallest absolute Gasteiger partial charge is 0.143 e. The number of benzene rings is 8. The van der Waals surface area contributed by atoms with Gasteiger partial charge in [-0.05, 0) is 82.9 Å². The van der Waals surface area contributed by atoms with Crippen molar-refractivity contribution in [3.63, 3.8) is 0 Å². The third-order valence-electron chi connectivity index (χ3n) is 9.82. The molecule has 8 aromatic carbocycles. The Morgan fingerprint density at radius 3 is 1.92 bits per heavy atom. The van der Waals surface area contributed by atoms with E-state index in [0.717, 1.165) is 33.6 Å². The molecular formula is C44H25NOS2. The summed E-state index contributed by atoms with van der Waals surface area (Å²) in [5, 5.41) is 12.5. The third kappa shape index (κ3) is 3.73. The SMILES string of the molecule is c1ccc(N(c2ccc3c(c2)sc2ccc4ccccc4c23)c2ccc3sc4ccc5oc6c7ccccc7ccc6c5c4c3c2)cc1. The van der Waals surface area contributed by atoms with E-state index in [2.05, 4.69) is 157 Å². The highest BCUT2D eigenvalue weighted by Crippen LogP contribution is 2.47. The van der Waals surface area contributed by atoms with Gasteiger partial charge in [0.1, 0.15) is 11.2 Å². The zero-order valence-corrected chi connectivity index (χ0v) is 27.2. The first-order valence-corrected chi connectivity index (χ1v) is 17.8. The van der Waals surface area contributed by atoms with E-state index in [9.17, 15) is 0 Å². The summed E-state index contributed by atoms with van der Waals surface area (Å²) in [7, 11) is 0. The van der Waals surface area contributed by atoms with Crippen LogP contribution in [0.4, 0.5) is 17.1 Å². The van der Waals surface area contributed by atoms with E-state index in [1.54, 1.807) is 0 Å². The van der Waals surface area contributed by atoms with Crippen LogP contribution in [0.15, 0.2) is 156 Å². The van der Waals surface area contributed by atoms with Crippen LogP contribution in [0.2, 0.25) is 0 Å². The molecule has 0 unspecified atom stereocenters. The molecule has 0 amide bonds. The number of fused-ring (bicyclic) bond motifs is 14. The first-order chi connectivity index (χ1) is 23.8. The Kier molecular flexibility index (Phi) is 5.45. The van der Waals surface area contributed by atoms with Crippen molar-refractivity contribution in [2.75, 3.05) is 4.90 Å². The average Bonchev–Trinajstić information content (AvgIpc) is 3.83. The van der Waals surface area contributed by atoms with Crippen LogP contribution in [0.5, 0.6) is 0 Å². The van der Waals surface area contributed by atoms with Gasteiger partial charge < -0.3 is 9.32 Å². The lowest BCUT2D eigenvalue weighted by Gasteiger charge is -2.25. The Balaban J connectivity index is 1.16. The summed E-state index contributed by atoms with van der Waals surface area (Å²) in [6.45, 7) is 0. The van der Waals surface area contributed by atoms with E-state index in [1.807, 2.05) is 22.7 Å². The summed E-state index contributed by atoms with van der Waals surface area (Å²) in [4.78, 5) is 2.39. The Hall–Kier alpha value is -5.68. The van der Waals surface area contributed by atoms with Crippen LogP contribution < -0.4 is 4.90 Å². The van der Waals surface area contributed by atoms with Gasteiger partial charge >= 0.3 is 0 Å². The number of nitrogens with zero attached hydrogens (tertiary/aromatic N) is 1. The van der Waals surface area contributed by atoms with Crippen LogP contribution in [0.3, 0.4) is 0 Å². The summed E-state index contributed by atoms with van der Waals surface area (Å²) >= 11 is 3.72. The molecule has 224 valence electrons. The second-order valence-corrected chi connectivity index (χ2v) is 14.6. The lowest BCUT2D eigenvalue weighted by Crippen LogP contribution is -2.09. The minimum Gasteiger partial charge on any atom is -0.455 e. The normalized spacial score (nSPS) is 12.2. The highest BCUT2D eigenvalue weighted by molar-refractivity contribution is 7.26. The largest absolute Gasteiger partial charge is 0.455 e. The van der Waals surface area contributed by atoms with Crippen molar-refractivity contribution in [1.82, 2.24) is 0 Å². The van der Waals surface area contributed by atoms with Crippen molar-refractivity contribution in [3.8, 4) is 0 Å². The first kappa shape index (κ1) is 26.4. The van der Waals surface area contributed by atoms with E-state index >= 15 is 0 Å². The van der Waals surface area contributed by atoms with E-state index in [0.29, 0.717) is 0 Å². The summed E-state index contributed by atoms with van der Waals surface area (Å²) in [5.41, 5.74) is 5.30. The van der Waals surface area contributed by atoms with Crippen molar-refractivity contribution in [3.05, 3.63) is 152 Å². The maximum atomic E-state index is 6.60. The summed E-state index contributed by atoms with van der Waals surface area (Å²) in [5.74, 6) is 0. The van der Waals surface area contributed by atoms with Gasteiger partial charge in [-0.15, -0.1) is 22.7 Å². The molecule has 4 heteroatoms. The summed E-state index contributed by atoms with van der Waals surface area (Å²) in [6.07, 6.45) is 0. The Morgan fingerprint density at radius 2 is 1.02 bits per heavy atom. The third-order valence-corrected chi connectivity index (χ3v) is 12.1. The van der Waals surface area contributed by atoms with Crippen LogP contribution in [0.25, 0.3) is 83.8 Å². The van der Waals surface area contributed by atoms with Crippen molar-refractivity contribution in [1.29, 1.82) is 0 Å². The second kappa shape index (κ2) is 9.91. The molecule has 0 saturated carbocycles. The van der Waals surface area contributed by atoms with E-state index in [-0.39, 0.29) is 0 Å². The van der Waals surface area contributed by atoms with Gasteiger partial charge in [-0.1, -0.05) is 84.9 Å². The quantitative estimate of drug-likeness (QED) is 0.190. The molecule has 3 heterocycles. The highest BCUT2D eigenvalue weighted by atomic mass is 32.1. The molecule has 0 N–H and O–H groups in total. The predicted molar refractivity (Wildman–Crippen MR) is 209 cm³/mol. The molecule has 0 aliphatic carbocycles. The topological polar surface area (TPSA) is 16.4 Å². The van der Waals surface area contributed by atoms with Gasteiger partial charge in [0.05, 0.1) is 0 Å². The maximum absolute atomic E-state index is 6.60.